The zero-order valence-electron chi connectivity index (χ0n) is 12.4. The summed E-state index contributed by atoms with van der Waals surface area (Å²) in [5.41, 5.74) is 1.40. The minimum atomic E-state index is -0.101. The van der Waals surface area contributed by atoms with Crippen molar-refractivity contribution in [2.75, 3.05) is 11.9 Å². The molecule has 0 saturated carbocycles. The van der Waals surface area contributed by atoms with E-state index in [1.54, 1.807) is 12.3 Å². The van der Waals surface area contributed by atoms with E-state index in [1.165, 1.54) is 0 Å². The van der Waals surface area contributed by atoms with Crippen LogP contribution in [0.1, 0.15) is 51.0 Å². The molecule has 1 aromatic rings. The summed E-state index contributed by atoms with van der Waals surface area (Å²) in [6, 6.07) is 3.83. The van der Waals surface area contributed by atoms with E-state index in [1.807, 2.05) is 19.9 Å². The lowest BCUT2D eigenvalue weighted by Crippen LogP contribution is -2.33. The van der Waals surface area contributed by atoms with E-state index in [0.717, 1.165) is 25.1 Å². The zero-order valence-corrected chi connectivity index (χ0v) is 12.4. The molecule has 19 heavy (non-hydrogen) atoms. The van der Waals surface area contributed by atoms with Crippen LogP contribution in [0.15, 0.2) is 18.3 Å². The quantitative estimate of drug-likeness (QED) is 0.795. The van der Waals surface area contributed by atoms with E-state index in [0.29, 0.717) is 11.6 Å². The number of carbonyl (C=O) groups excluding carboxylic acids is 1. The van der Waals surface area contributed by atoms with Crippen LogP contribution in [-0.2, 0) is 0 Å². The molecule has 1 atom stereocenters. The summed E-state index contributed by atoms with van der Waals surface area (Å²) >= 11 is 0. The molecule has 1 rings (SSSR count). The molecule has 4 nitrogen and oxygen atoms in total. The summed E-state index contributed by atoms with van der Waals surface area (Å²) in [5.74, 6) is 0.561. The maximum atomic E-state index is 12.1. The summed E-state index contributed by atoms with van der Waals surface area (Å²) < 4.78 is 0. The summed E-state index contributed by atoms with van der Waals surface area (Å²) in [6.45, 7) is 9.27. The van der Waals surface area contributed by atoms with Crippen LogP contribution in [0.3, 0.4) is 0 Å². The second kappa shape index (κ2) is 7.77. The topological polar surface area (TPSA) is 54.0 Å². The fourth-order valence-corrected chi connectivity index (χ4v) is 1.82. The van der Waals surface area contributed by atoms with Gasteiger partial charge in [-0.3, -0.25) is 9.78 Å². The molecule has 0 radical (unpaired) electrons. The van der Waals surface area contributed by atoms with Crippen LogP contribution < -0.4 is 10.6 Å². The summed E-state index contributed by atoms with van der Waals surface area (Å²) in [5, 5.41) is 6.17. The SMILES string of the molecule is CCNc1ccnc(C(=O)NC(C)CCC(C)C)c1. The Morgan fingerprint density at radius 2 is 2.05 bits per heavy atom. The Kier molecular flexibility index (Phi) is 6.33. The van der Waals surface area contributed by atoms with Gasteiger partial charge in [-0.1, -0.05) is 13.8 Å². The Morgan fingerprint density at radius 3 is 2.68 bits per heavy atom. The Hall–Kier alpha value is -1.58. The van der Waals surface area contributed by atoms with Gasteiger partial charge in [0.1, 0.15) is 5.69 Å². The predicted molar refractivity (Wildman–Crippen MR) is 79.4 cm³/mol. The molecule has 1 amide bonds. The van der Waals surface area contributed by atoms with Crippen molar-refractivity contribution in [2.24, 2.45) is 5.92 Å². The summed E-state index contributed by atoms with van der Waals surface area (Å²) in [7, 11) is 0. The highest BCUT2D eigenvalue weighted by atomic mass is 16.1. The molecule has 106 valence electrons. The molecule has 0 aliphatic heterocycles. The van der Waals surface area contributed by atoms with E-state index < -0.39 is 0 Å². The highest BCUT2D eigenvalue weighted by molar-refractivity contribution is 5.93. The van der Waals surface area contributed by atoms with E-state index in [4.69, 9.17) is 0 Å². The second-order valence-corrected chi connectivity index (χ2v) is 5.31. The van der Waals surface area contributed by atoms with Crippen molar-refractivity contribution < 1.29 is 4.79 Å². The summed E-state index contributed by atoms with van der Waals surface area (Å²) in [6.07, 6.45) is 3.77. The molecule has 0 saturated heterocycles. The second-order valence-electron chi connectivity index (χ2n) is 5.31. The lowest BCUT2D eigenvalue weighted by molar-refractivity contribution is 0.0932. The van der Waals surface area contributed by atoms with Crippen molar-refractivity contribution in [1.29, 1.82) is 0 Å². The number of anilines is 1. The van der Waals surface area contributed by atoms with Gasteiger partial charge in [0.15, 0.2) is 0 Å². The number of nitrogens with one attached hydrogen (secondary N) is 2. The molecule has 0 fully saturated rings. The third-order valence-electron chi connectivity index (χ3n) is 2.93. The number of amides is 1. The number of carbonyl (C=O) groups is 1. The fraction of sp³-hybridized carbons (Fsp3) is 0.600. The van der Waals surface area contributed by atoms with Crippen molar-refractivity contribution >= 4 is 11.6 Å². The highest BCUT2D eigenvalue weighted by Gasteiger charge is 2.11. The van der Waals surface area contributed by atoms with Crippen LogP contribution in [0.4, 0.5) is 5.69 Å². The largest absolute Gasteiger partial charge is 0.385 e. The number of aromatic nitrogens is 1. The zero-order chi connectivity index (χ0) is 14.3. The average molecular weight is 263 g/mol. The normalized spacial score (nSPS) is 12.3. The Bertz CT molecular complexity index is 404. The minimum absolute atomic E-state index is 0.101. The first-order valence-corrected chi connectivity index (χ1v) is 7.03. The van der Waals surface area contributed by atoms with Gasteiger partial charge in [-0.25, -0.2) is 0 Å². The smallest absolute Gasteiger partial charge is 0.270 e. The number of rotatable bonds is 7. The molecule has 1 heterocycles. The van der Waals surface area contributed by atoms with Gasteiger partial charge in [0.25, 0.3) is 5.91 Å². The first-order chi connectivity index (χ1) is 9.02. The molecule has 0 aliphatic carbocycles. The van der Waals surface area contributed by atoms with Gasteiger partial charge in [-0.2, -0.15) is 0 Å². The van der Waals surface area contributed by atoms with Gasteiger partial charge in [0, 0.05) is 24.5 Å². The lowest BCUT2D eigenvalue weighted by atomic mass is 10.0. The molecule has 0 bridgehead atoms. The Balaban J connectivity index is 2.55. The van der Waals surface area contributed by atoms with Crippen LogP contribution in [-0.4, -0.2) is 23.5 Å². The predicted octanol–water partition coefficient (Wildman–Crippen LogP) is 3.07. The van der Waals surface area contributed by atoms with E-state index in [9.17, 15) is 4.79 Å². The number of pyridine rings is 1. The molecule has 1 aromatic heterocycles. The molecular weight excluding hydrogens is 238 g/mol. The lowest BCUT2D eigenvalue weighted by Gasteiger charge is -2.15. The standard InChI is InChI=1S/C15H25N3O/c1-5-16-13-8-9-17-14(10-13)15(19)18-12(4)7-6-11(2)3/h8-12H,5-7H2,1-4H3,(H,16,17)(H,18,19). The highest BCUT2D eigenvalue weighted by Crippen LogP contribution is 2.09. The van der Waals surface area contributed by atoms with Crippen molar-refractivity contribution in [1.82, 2.24) is 10.3 Å². The average Bonchev–Trinajstić information content (AvgIpc) is 2.37. The Morgan fingerprint density at radius 1 is 1.32 bits per heavy atom. The maximum absolute atomic E-state index is 12.1. The van der Waals surface area contributed by atoms with E-state index in [-0.39, 0.29) is 11.9 Å². The van der Waals surface area contributed by atoms with Crippen LogP contribution in [0, 0.1) is 5.92 Å². The van der Waals surface area contributed by atoms with Crippen molar-refractivity contribution in [3.05, 3.63) is 24.0 Å². The number of nitrogens with zero attached hydrogens (tertiary/aromatic N) is 1. The van der Waals surface area contributed by atoms with Gasteiger partial charge in [-0.05, 0) is 44.7 Å². The monoisotopic (exact) mass is 263 g/mol. The van der Waals surface area contributed by atoms with Crippen LogP contribution in [0.25, 0.3) is 0 Å². The molecule has 2 N–H and O–H groups in total. The van der Waals surface area contributed by atoms with Gasteiger partial charge in [0.05, 0.1) is 0 Å². The first-order valence-electron chi connectivity index (χ1n) is 7.03. The third-order valence-corrected chi connectivity index (χ3v) is 2.93. The molecule has 4 heteroatoms. The van der Waals surface area contributed by atoms with E-state index >= 15 is 0 Å². The van der Waals surface area contributed by atoms with Gasteiger partial charge >= 0.3 is 0 Å². The number of hydrogen-bond donors (Lipinski definition) is 2. The summed E-state index contributed by atoms with van der Waals surface area (Å²) in [4.78, 5) is 16.2. The van der Waals surface area contributed by atoms with Crippen LogP contribution >= 0.6 is 0 Å². The molecule has 0 aromatic carbocycles. The van der Waals surface area contributed by atoms with Crippen molar-refractivity contribution in [2.45, 2.75) is 46.6 Å². The maximum Gasteiger partial charge on any atom is 0.270 e. The number of hydrogen-bond acceptors (Lipinski definition) is 3. The van der Waals surface area contributed by atoms with Gasteiger partial charge < -0.3 is 10.6 Å². The van der Waals surface area contributed by atoms with Gasteiger partial charge in [-0.15, -0.1) is 0 Å². The van der Waals surface area contributed by atoms with Gasteiger partial charge in [0.2, 0.25) is 0 Å². The molecule has 0 spiro atoms. The molecule has 0 aliphatic rings. The van der Waals surface area contributed by atoms with Crippen LogP contribution in [0.5, 0.6) is 0 Å². The molecule has 1 unspecified atom stereocenters. The fourth-order valence-electron chi connectivity index (χ4n) is 1.82. The van der Waals surface area contributed by atoms with Crippen molar-refractivity contribution in [3.63, 3.8) is 0 Å². The molecular formula is C15H25N3O. The van der Waals surface area contributed by atoms with E-state index in [2.05, 4.69) is 29.5 Å². The Labute approximate surface area is 116 Å². The van der Waals surface area contributed by atoms with Crippen LogP contribution in [0.2, 0.25) is 0 Å². The third kappa shape index (κ3) is 5.73. The van der Waals surface area contributed by atoms with Crippen molar-refractivity contribution in [3.8, 4) is 0 Å². The first kappa shape index (κ1) is 15.5. The minimum Gasteiger partial charge on any atom is -0.385 e.